The van der Waals surface area contributed by atoms with Crippen LogP contribution in [0.5, 0.6) is 0 Å². The van der Waals surface area contributed by atoms with Crippen LogP contribution in [0.2, 0.25) is 0 Å². The second-order valence-corrected chi connectivity index (χ2v) is 9.35. The van der Waals surface area contributed by atoms with Crippen molar-refractivity contribution in [1.29, 1.82) is 5.26 Å². The van der Waals surface area contributed by atoms with E-state index >= 15 is 0 Å². The van der Waals surface area contributed by atoms with Gasteiger partial charge in [0.1, 0.15) is 0 Å². The summed E-state index contributed by atoms with van der Waals surface area (Å²) in [6, 6.07) is 11.2. The average molecular weight is 454 g/mol. The molecular formula is C23H23N3O5S. The monoisotopic (exact) mass is 453 g/mol. The summed E-state index contributed by atoms with van der Waals surface area (Å²) in [5.41, 5.74) is -0.0203. The van der Waals surface area contributed by atoms with Crippen molar-refractivity contribution >= 4 is 27.6 Å². The molecule has 3 rings (SSSR count). The van der Waals surface area contributed by atoms with Crippen LogP contribution in [-0.4, -0.2) is 42.3 Å². The van der Waals surface area contributed by atoms with Crippen molar-refractivity contribution in [2.75, 3.05) is 11.9 Å². The second kappa shape index (κ2) is 9.77. The Morgan fingerprint density at radius 1 is 1.22 bits per heavy atom. The highest BCUT2D eigenvalue weighted by molar-refractivity contribution is 7.89. The molecule has 0 saturated heterocycles. The van der Waals surface area contributed by atoms with Crippen molar-refractivity contribution in [2.24, 2.45) is 0 Å². The predicted molar refractivity (Wildman–Crippen MR) is 119 cm³/mol. The maximum atomic E-state index is 13.3. The largest absolute Gasteiger partial charge is 0.478 e. The molecule has 8 nitrogen and oxygen atoms in total. The quantitative estimate of drug-likeness (QED) is 0.588. The molecule has 166 valence electrons. The lowest BCUT2D eigenvalue weighted by molar-refractivity contribution is 0.0698. The summed E-state index contributed by atoms with van der Waals surface area (Å²) in [6.07, 6.45) is 5.04. The number of benzene rings is 2. The molecule has 0 unspecified atom stereocenters. The van der Waals surface area contributed by atoms with E-state index < -0.39 is 21.9 Å². The van der Waals surface area contributed by atoms with E-state index in [0.717, 1.165) is 31.7 Å². The van der Waals surface area contributed by atoms with Crippen LogP contribution in [0.15, 0.2) is 60.0 Å². The van der Waals surface area contributed by atoms with Crippen LogP contribution in [0.1, 0.15) is 52.0 Å². The molecule has 1 amide bonds. The summed E-state index contributed by atoms with van der Waals surface area (Å²) < 4.78 is 28.0. The van der Waals surface area contributed by atoms with Crippen LogP contribution < -0.4 is 5.32 Å². The van der Waals surface area contributed by atoms with Crippen LogP contribution in [0.4, 0.5) is 5.69 Å². The van der Waals surface area contributed by atoms with Crippen LogP contribution in [0, 0.1) is 11.3 Å². The molecule has 0 heterocycles. The molecule has 2 N–H and O–H groups in total. The first-order valence-corrected chi connectivity index (χ1v) is 11.5. The fourth-order valence-corrected chi connectivity index (χ4v) is 5.49. The van der Waals surface area contributed by atoms with Gasteiger partial charge in [-0.25, -0.2) is 13.2 Å². The van der Waals surface area contributed by atoms with Crippen LogP contribution in [-0.2, 0) is 10.0 Å². The third kappa shape index (κ3) is 4.88. The Morgan fingerprint density at radius 2 is 1.94 bits per heavy atom. The molecule has 0 aliphatic heterocycles. The molecule has 2 aromatic carbocycles. The van der Waals surface area contributed by atoms with Crippen molar-refractivity contribution < 1.29 is 23.1 Å². The fraction of sp³-hybridized carbons (Fsp3) is 0.261. The highest BCUT2D eigenvalue weighted by Crippen LogP contribution is 2.29. The van der Waals surface area contributed by atoms with Crippen molar-refractivity contribution in [3.8, 4) is 6.07 Å². The molecule has 0 radical (unpaired) electrons. The minimum Gasteiger partial charge on any atom is -0.478 e. The summed E-state index contributed by atoms with van der Waals surface area (Å²) in [4.78, 5) is 24.3. The molecule has 1 aliphatic carbocycles. The van der Waals surface area contributed by atoms with E-state index in [9.17, 15) is 23.1 Å². The van der Waals surface area contributed by atoms with Gasteiger partial charge in [0.05, 0.1) is 27.8 Å². The van der Waals surface area contributed by atoms with Gasteiger partial charge in [-0.05, 0) is 49.2 Å². The third-order valence-electron chi connectivity index (χ3n) is 5.37. The Hall–Kier alpha value is -3.48. The molecule has 2 aromatic rings. The van der Waals surface area contributed by atoms with Gasteiger partial charge in [0.15, 0.2) is 0 Å². The number of rotatable bonds is 8. The van der Waals surface area contributed by atoms with Crippen LogP contribution in [0.25, 0.3) is 0 Å². The van der Waals surface area contributed by atoms with Gasteiger partial charge < -0.3 is 10.4 Å². The van der Waals surface area contributed by atoms with Gasteiger partial charge >= 0.3 is 5.97 Å². The van der Waals surface area contributed by atoms with Crippen LogP contribution >= 0.6 is 0 Å². The van der Waals surface area contributed by atoms with Gasteiger partial charge in [0.2, 0.25) is 10.0 Å². The van der Waals surface area contributed by atoms with Crippen molar-refractivity contribution in [1.82, 2.24) is 4.31 Å². The van der Waals surface area contributed by atoms with Crippen LogP contribution in [0.3, 0.4) is 0 Å². The van der Waals surface area contributed by atoms with E-state index in [0.29, 0.717) is 0 Å². The Labute approximate surface area is 186 Å². The first kappa shape index (κ1) is 23.2. The van der Waals surface area contributed by atoms with Gasteiger partial charge in [-0.3, -0.25) is 4.79 Å². The Balaban J connectivity index is 1.90. The SMILES string of the molecule is C=CCN(C1CCCC1)S(=O)(=O)c1cccc(C(=O)Nc2ccc(C#N)cc2C(=O)O)c1. The fourth-order valence-electron chi connectivity index (χ4n) is 3.79. The highest BCUT2D eigenvalue weighted by Gasteiger charge is 2.32. The smallest absolute Gasteiger partial charge is 0.337 e. The summed E-state index contributed by atoms with van der Waals surface area (Å²) in [5, 5.41) is 20.8. The molecule has 0 aromatic heterocycles. The number of nitrogens with one attached hydrogen (secondary N) is 1. The molecule has 0 atom stereocenters. The van der Waals surface area contributed by atoms with Crippen molar-refractivity contribution in [3.05, 3.63) is 71.8 Å². The maximum absolute atomic E-state index is 13.3. The highest BCUT2D eigenvalue weighted by atomic mass is 32.2. The minimum absolute atomic E-state index is 0.00833. The number of anilines is 1. The molecule has 32 heavy (non-hydrogen) atoms. The van der Waals surface area contributed by atoms with Crippen molar-refractivity contribution in [3.63, 3.8) is 0 Å². The van der Waals surface area contributed by atoms with Gasteiger partial charge in [0, 0.05) is 18.2 Å². The van der Waals surface area contributed by atoms with Gasteiger partial charge in [0.25, 0.3) is 5.91 Å². The topological polar surface area (TPSA) is 128 Å². The number of carboxylic acid groups (broad SMARTS) is 1. The lowest BCUT2D eigenvalue weighted by atomic mass is 10.1. The normalized spacial score (nSPS) is 14.1. The zero-order chi connectivity index (χ0) is 23.3. The Bertz CT molecular complexity index is 1190. The third-order valence-corrected chi connectivity index (χ3v) is 7.29. The Morgan fingerprint density at radius 3 is 2.56 bits per heavy atom. The lowest BCUT2D eigenvalue weighted by Crippen LogP contribution is -2.39. The number of nitrogens with zero attached hydrogens (tertiary/aromatic N) is 2. The molecule has 0 spiro atoms. The second-order valence-electron chi connectivity index (χ2n) is 7.46. The van der Waals surface area contributed by atoms with Gasteiger partial charge in [-0.1, -0.05) is 25.0 Å². The standard InChI is InChI=1S/C23H23N3O5S/c1-2-12-26(18-7-3-4-8-18)32(30,31)19-9-5-6-17(14-19)22(27)25-21-11-10-16(15-24)13-20(21)23(28)29/h2,5-6,9-11,13-14,18H,1,3-4,7-8,12H2,(H,25,27)(H,28,29). The number of carboxylic acids is 1. The van der Waals surface area contributed by atoms with E-state index in [1.165, 1.54) is 40.7 Å². The molecule has 9 heteroatoms. The number of sulfonamides is 1. The molecule has 1 fully saturated rings. The predicted octanol–water partition coefficient (Wildman–Crippen LogP) is 3.63. The first-order chi connectivity index (χ1) is 15.3. The van der Waals surface area contributed by atoms with E-state index in [2.05, 4.69) is 11.9 Å². The van der Waals surface area contributed by atoms with Gasteiger partial charge in [-0.15, -0.1) is 6.58 Å². The molecular weight excluding hydrogens is 430 g/mol. The number of hydrogen-bond acceptors (Lipinski definition) is 5. The maximum Gasteiger partial charge on any atom is 0.337 e. The van der Waals surface area contributed by atoms with E-state index in [1.54, 1.807) is 6.08 Å². The summed E-state index contributed by atoms with van der Waals surface area (Å²) >= 11 is 0. The molecule has 0 bridgehead atoms. The summed E-state index contributed by atoms with van der Waals surface area (Å²) in [5.74, 6) is -1.96. The lowest BCUT2D eigenvalue weighted by Gasteiger charge is -2.27. The number of hydrogen-bond donors (Lipinski definition) is 2. The number of amides is 1. The number of nitriles is 1. The van der Waals surface area contributed by atoms with E-state index in [-0.39, 0.29) is 39.9 Å². The zero-order valence-corrected chi connectivity index (χ0v) is 18.1. The van der Waals surface area contributed by atoms with Crippen molar-refractivity contribution in [2.45, 2.75) is 36.6 Å². The minimum atomic E-state index is -3.85. The Kier molecular flexibility index (Phi) is 7.08. The average Bonchev–Trinajstić information content (AvgIpc) is 3.31. The van der Waals surface area contributed by atoms with E-state index in [1.807, 2.05) is 6.07 Å². The first-order valence-electron chi connectivity index (χ1n) is 10.1. The van der Waals surface area contributed by atoms with E-state index in [4.69, 9.17) is 5.26 Å². The number of carbonyl (C=O) groups is 2. The summed E-state index contributed by atoms with van der Waals surface area (Å²) in [7, 11) is -3.85. The molecule has 1 aliphatic rings. The number of aromatic carboxylic acids is 1. The molecule has 1 saturated carbocycles. The number of carbonyl (C=O) groups excluding carboxylic acids is 1. The summed E-state index contributed by atoms with van der Waals surface area (Å²) in [6.45, 7) is 3.85. The van der Waals surface area contributed by atoms with Gasteiger partial charge in [-0.2, -0.15) is 9.57 Å². The zero-order valence-electron chi connectivity index (χ0n) is 17.3.